The molecule has 1 aliphatic carbocycles. The van der Waals surface area contributed by atoms with E-state index in [1.807, 2.05) is 51.5 Å². The van der Waals surface area contributed by atoms with Crippen LogP contribution in [0.1, 0.15) is 109 Å². The van der Waals surface area contributed by atoms with Gasteiger partial charge in [-0.1, -0.05) is 64.1 Å². The zero-order valence-electron chi connectivity index (χ0n) is 30.8. The molecule has 1 aliphatic heterocycles. The molecular formula is C37H56N6O4SSi. The molecule has 268 valence electrons. The predicted octanol–water partition coefficient (Wildman–Crippen LogP) is 7.04. The Bertz CT molecular complexity index is 1570. The molecular weight excluding hydrogens is 653 g/mol. The van der Waals surface area contributed by atoms with Crippen molar-refractivity contribution in [3.05, 3.63) is 52.9 Å². The van der Waals surface area contributed by atoms with Crippen molar-refractivity contribution in [2.75, 3.05) is 13.2 Å². The molecule has 3 aromatic rings. The predicted molar refractivity (Wildman–Crippen MR) is 197 cm³/mol. The Hall–Kier alpha value is -2.93. The molecule has 0 unspecified atom stereocenters. The quantitative estimate of drug-likeness (QED) is 0.205. The summed E-state index contributed by atoms with van der Waals surface area (Å²) in [5, 5.41) is 21.8. The largest absolute Gasteiger partial charge is 0.412 e. The van der Waals surface area contributed by atoms with E-state index in [9.17, 15) is 14.7 Å². The summed E-state index contributed by atoms with van der Waals surface area (Å²) in [6, 6.07) is 6.73. The van der Waals surface area contributed by atoms with Crippen LogP contribution in [0.15, 0.2) is 36.0 Å². The molecule has 1 aromatic carbocycles. The molecule has 2 aromatic heterocycles. The zero-order chi connectivity index (χ0) is 35.7. The van der Waals surface area contributed by atoms with Gasteiger partial charge in [-0.15, -0.1) is 16.4 Å². The van der Waals surface area contributed by atoms with Crippen molar-refractivity contribution in [2.45, 2.75) is 129 Å². The third-order valence-electron chi connectivity index (χ3n) is 11.1. The van der Waals surface area contributed by atoms with Crippen LogP contribution in [0.25, 0.3) is 10.4 Å². The monoisotopic (exact) mass is 708 g/mol. The fraction of sp³-hybridized carbons (Fsp3) is 0.649. The van der Waals surface area contributed by atoms with Gasteiger partial charge in [0.05, 0.1) is 33.9 Å². The van der Waals surface area contributed by atoms with Gasteiger partial charge >= 0.3 is 0 Å². The van der Waals surface area contributed by atoms with Gasteiger partial charge in [-0.2, -0.15) is 0 Å². The number of carbonyl (C=O) groups is 2. The maximum atomic E-state index is 14.6. The Morgan fingerprint density at radius 3 is 2.35 bits per heavy atom. The summed E-state index contributed by atoms with van der Waals surface area (Å²) in [5.74, 6) is 0.247. The van der Waals surface area contributed by atoms with Crippen LogP contribution in [0.4, 0.5) is 0 Å². The van der Waals surface area contributed by atoms with Crippen molar-refractivity contribution >= 4 is 31.5 Å². The number of rotatable bonds is 11. The van der Waals surface area contributed by atoms with Gasteiger partial charge in [0.1, 0.15) is 12.1 Å². The number of aliphatic hydroxyl groups excluding tert-OH is 1. The number of hydrogen-bond acceptors (Lipinski definition) is 8. The number of hydrogen-bond donors (Lipinski definition) is 2. The summed E-state index contributed by atoms with van der Waals surface area (Å²) in [5.41, 5.74) is 5.86. The first kappa shape index (κ1) is 37.3. The van der Waals surface area contributed by atoms with Crippen LogP contribution in [0.3, 0.4) is 0 Å². The summed E-state index contributed by atoms with van der Waals surface area (Å²) < 4.78 is 8.54. The summed E-state index contributed by atoms with van der Waals surface area (Å²) in [7, 11) is -2.17. The lowest BCUT2D eigenvalue weighted by Crippen LogP contribution is -2.49. The van der Waals surface area contributed by atoms with E-state index in [1.54, 1.807) is 20.9 Å². The van der Waals surface area contributed by atoms with E-state index in [2.05, 4.69) is 66.6 Å². The van der Waals surface area contributed by atoms with E-state index in [4.69, 9.17) is 4.43 Å². The molecule has 2 fully saturated rings. The normalized spacial score (nSPS) is 23.1. The number of carbonyl (C=O) groups excluding carboxylic acids is 2. The minimum atomic E-state index is -2.17. The lowest BCUT2D eigenvalue weighted by molar-refractivity contribution is -0.142. The number of aliphatic hydroxyl groups is 1. The minimum Gasteiger partial charge on any atom is -0.412 e. The molecule has 0 spiro atoms. The zero-order valence-corrected chi connectivity index (χ0v) is 32.6. The maximum Gasteiger partial charge on any atom is 0.248 e. The first-order valence-electron chi connectivity index (χ1n) is 17.9. The number of nitrogens with one attached hydrogen (secondary N) is 1. The van der Waals surface area contributed by atoms with Crippen LogP contribution in [0.5, 0.6) is 0 Å². The molecule has 12 heteroatoms. The summed E-state index contributed by atoms with van der Waals surface area (Å²) >= 11 is 1.62. The van der Waals surface area contributed by atoms with Crippen LogP contribution >= 0.6 is 11.3 Å². The molecule has 2 N–H and O–H groups in total. The third kappa shape index (κ3) is 8.35. The summed E-state index contributed by atoms with van der Waals surface area (Å²) in [4.78, 5) is 36.0. The molecule has 2 amide bonds. The van der Waals surface area contributed by atoms with Crippen molar-refractivity contribution < 1.29 is 19.1 Å². The fourth-order valence-corrected chi connectivity index (χ4v) is 9.16. The SMILES string of the molecule is Cc1ncsc1-c1ccc([C@H](C)NC(=O)[C@@H]2C[C@@H](O[Si](C)(C)C(C)(C)C)CN2C(=O)[C@H](C(C)C)n2cc(C3CCC(CO)CC3)nn2)cc1. The Kier molecular flexibility index (Phi) is 11.5. The number of aryl methyl sites for hydroxylation is 1. The van der Waals surface area contributed by atoms with E-state index in [0.29, 0.717) is 18.9 Å². The van der Waals surface area contributed by atoms with Crippen LogP contribution in [-0.4, -0.2) is 75.4 Å². The molecule has 4 atom stereocenters. The van der Waals surface area contributed by atoms with Gasteiger partial charge in [0.15, 0.2) is 8.32 Å². The lowest BCUT2D eigenvalue weighted by Gasteiger charge is -2.38. The second-order valence-electron chi connectivity index (χ2n) is 16.1. The summed E-state index contributed by atoms with van der Waals surface area (Å²) in [6.45, 7) is 19.7. The molecule has 1 saturated heterocycles. The number of likely N-dealkylation sites (tertiary alicyclic amines) is 1. The number of benzene rings is 1. The smallest absolute Gasteiger partial charge is 0.248 e. The second-order valence-corrected chi connectivity index (χ2v) is 21.7. The first-order valence-corrected chi connectivity index (χ1v) is 21.7. The van der Waals surface area contributed by atoms with Gasteiger partial charge in [0, 0.05) is 31.7 Å². The van der Waals surface area contributed by atoms with Crippen molar-refractivity contribution in [2.24, 2.45) is 11.8 Å². The highest BCUT2D eigenvalue weighted by atomic mass is 32.1. The molecule has 49 heavy (non-hydrogen) atoms. The van der Waals surface area contributed by atoms with Gasteiger partial charge < -0.3 is 19.7 Å². The van der Waals surface area contributed by atoms with Gasteiger partial charge in [-0.05, 0) is 80.6 Å². The van der Waals surface area contributed by atoms with Crippen molar-refractivity contribution in [1.82, 2.24) is 30.2 Å². The van der Waals surface area contributed by atoms with Crippen LogP contribution < -0.4 is 5.32 Å². The maximum absolute atomic E-state index is 14.6. The highest BCUT2D eigenvalue weighted by molar-refractivity contribution is 7.13. The minimum absolute atomic E-state index is 0.00547. The van der Waals surface area contributed by atoms with Crippen molar-refractivity contribution in [1.29, 1.82) is 0 Å². The van der Waals surface area contributed by atoms with Gasteiger partial charge in [-0.3, -0.25) is 9.59 Å². The molecule has 0 radical (unpaired) electrons. The Balaban J connectivity index is 1.36. The molecule has 2 aliphatic rings. The topological polar surface area (TPSA) is 122 Å². The molecule has 1 saturated carbocycles. The lowest BCUT2D eigenvalue weighted by atomic mass is 9.81. The van der Waals surface area contributed by atoms with Gasteiger partial charge in [-0.25, -0.2) is 9.67 Å². The average molecular weight is 709 g/mol. The van der Waals surface area contributed by atoms with E-state index >= 15 is 0 Å². The Morgan fingerprint density at radius 2 is 1.78 bits per heavy atom. The highest BCUT2D eigenvalue weighted by Gasteiger charge is 2.47. The molecule has 10 nitrogen and oxygen atoms in total. The fourth-order valence-electron chi connectivity index (χ4n) is 6.99. The molecule has 5 rings (SSSR count). The third-order valence-corrected chi connectivity index (χ3v) is 16.6. The van der Waals surface area contributed by atoms with E-state index in [-0.39, 0.29) is 47.4 Å². The standard InChI is InChI=1S/C37H56N6O4SSi/c1-23(2)33(43-20-31(40-41-43)28-12-10-26(21-44)11-13-28)36(46)42-19-30(47-49(8,9)37(5,6)7)18-32(42)35(45)39-24(3)27-14-16-29(17-15-27)34-25(4)38-22-48-34/h14-17,20,22-24,26,28,30,32-33,44H,10-13,18-19,21H2,1-9H3,(H,39,45)/t24-,26?,28?,30+,32-,33-/m0/s1. The number of amides is 2. The van der Waals surface area contributed by atoms with E-state index in [1.165, 1.54) is 0 Å². The number of thiazole rings is 1. The van der Waals surface area contributed by atoms with Crippen molar-refractivity contribution in [3.63, 3.8) is 0 Å². The van der Waals surface area contributed by atoms with Gasteiger partial charge in [0.25, 0.3) is 0 Å². The van der Waals surface area contributed by atoms with Crippen LogP contribution in [0, 0.1) is 18.8 Å². The highest BCUT2D eigenvalue weighted by Crippen LogP contribution is 2.40. The van der Waals surface area contributed by atoms with E-state index in [0.717, 1.165) is 53.1 Å². The summed E-state index contributed by atoms with van der Waals surface area (Å²) in [6.07, 6.45) is 5.99. The van der Waals surface area contributed by atoms with Crippen LogP contribution in [-0.2, 0) is 14.0 Å². The Labute approximate surface area is 297 Å². The molecule has 3 heterocycles. The number of aromatic nitrogens is 4. The van der Waals surface area contributed by atoms with Crippen LogP contribution in [0.2, 0.25) is 18.1 Å². The number of nitrogens with zero attached hydrogens (tertiary/aromatic N) is 5. The van der Waals surface area contributed by atoms with E-state index < -0.39 is 20.4 Å². The van der Waals surface area contributed by atoms with Crippen molar-refractivity contribution in [3.8, 4) is 10.4 Å². The average Bonchev–Trinajstić information content (AvgIpc) is 3.81. The first-order chi connectivity index (χ1) is 23.1. The molecule has 0 bridgehead atoms. The second kappa shape index (κ2) is 15.1. The van der Waals surface area contributed by atoms with Gasteiger partial charge in [0.2, 0.25) is 11.8 Å². The Morgan fingerprint density at radius 1 is 1.10 bits per heavy atom.